The Kier molecular flexibility index (Phi) is 5.28. The maximum atomic E-state index is 12.2. The summed E-state index contributed by atoms with van der Waals surface area (Å²) in [6.07, 6.45) is 0.929. The Morgan fingerprint density at radius 1 is 1.14 bits per heavy atom. The third-order valence-electron chi connectivity index (χ3n) is 2.47. The van der Waals surface area contributed by atoms with Gasteiger partial charge in [0, 0.05) is 6.20 Å². The van der Waals surface area contributed by atoms with Gasteiger partial charge in [-0.15, -0.1) is 0 Å². The molecule has 5 N–H and O–H groups in total. The number of ether oxygens (including phenoxy) is 1. The number of primary amides is 1. The van der Waals surface area contributed by atoms with Crippen LogP contribution in [0.15, 0.2) is 36.2 Å². The SMILES string of the molecule is CC(C)(C)OC(=O)/C(=C\N)NC(=O)c1ccccc1C(N)=O. The average Bonchev–Trinajstić information content (AvgIpc) is 2.42. The van der Waals surface area contributed by atoms with Crippen LogP contribution in [0.2, 0.25) is 0 Å². The molecule has 0 spiro atoms. The maximum Gasteiger partial charge on any atom is 0.356 e. The van der Waals surface area contributed by atoms with E-state index < -0.39 is 23.4 Å². The first kappa shape index (κ1) is 17.2. The zero-order valence-electron chi connectivity index (χ0n) is 12.7. The molecule has 2 amide bonds. The fourth-order valence-electron chi connectivity index (χ4n) is 1.58. The molecule has 1 rings (SSSR count). The number of hydrogen-bond acceptors (Lipinski definition) is 5. The second-order valence-electron chi connectivity index (χ2n) is 5.45. The van der Waals surface area contributed by atoms with Gasteiger partial charge in [-0.3, -0.25) is 9.59 Å². The third-order valence-corrected chi connectivity index (χ3v) is 2.47. The molecule has 0 saturated carbocycles. The summed E-state index contributed by atoms with van der Waals surface area (Å²) in [7, 11) is 0. The molecular formula is C15H19N3O4. The Labute approximate surface area is 128 Å². The number of amides is 2. The topological polar surface area (TPSA) is 125 Å². The molecule has 0 bridgehead atoms. The van der Waals surface area contributed by atoms with Gasteiger partial charge in [-0.1, -0.05) is 12.1 Å². The second-order valence-corrected chi connectivity index (χ2v) is 5.45. The Bertz CT molecular complexity index is 630. The van der Waals surface area contributed by atoms with Gasteiger partial charge in [-0.05, 0) is 32.9 Å². The smallest absolute Gasteiger partial charge is 0.356 e. The minimum atomic E-state index is -0.778. The van der Waals surface area contributed by atoms with E-state index in [0.717, 1.165) is 6.20 Å². The van der Waals surface area contributed by atoms with E-state index in [1.807, 2.05) is 0 Å². The summed E-state index contributed by atoms with van der Waals surface area (Å²) >= 11 is 0. The van der Waals surface area contributed by atoms with Crippen LogP contribution in [-0.4, -0.2) is 23.4 Å². The summed E-state index contributed by atoms with van der Waals surface area (Å²) < 4.78 is 5.11. The van der Waals surface area contributed by atoms with Crippen molar-refractivity contribution in [1.29, 1.82) is 0 Å². The first-order chi connectivity index (χ1) is 10.2. The van der Waals surface area contributed by atoms with Crippen molar-refractivity contribution in [3.63, 3.8) is 0 Å². The molecule has 0 heterocycles. The largest absolute Gasteiger partial charge is 0.455 e. The standard InChI is InChI=1S/C15H19N3O4/c1-15(2,3)22-14(21)11(8-16)18-13(20)10-7-5-4-6-9(10)12(17)19/h4-8H,16H2,1-3H3,(H2,17,19)(H,18,20)/b11-8+. The molecular weight excluding hydrogens is 286 g/mol. The normalized spacial score (nSPS) is 11.7. The van der Waals surface area contributed by atoms with Gasteiger partial charge in [0.1, 0.15) is 11.3 Å². The van der Waals surface area contributed by atoms with Gasteiger partial charge >= 0.3 is 5.97 Å². The van der Waals surface area contributed by atoms with Crippen LogP contribution in [0.25, 0.3) is 0 Å². The fraction of sp³-hybridized carbons (Fsp3) is 0.267. The number of esters is 1. The summed E-state index contributed by atoms with van der Waals surface area (Å²) in [5, 5.41) is 2.32. The monoisotopic (exact) mass is 305 g/mol. The molecule has 0 aliphatic rings. The van der Waals surface area contributed by atoms with Crippen molar-refractivity contribution in [2.45, 2.75) is 26.4 Å². The Morgan fingerprint density at radius 3 is 2.14 bits per heavy atom. The number of nitrogens with one attached hydrogen (secondary N) is 1. The highest BCUT2D eigenvalue weighted by molar-refractivity contribution is 6.08. The van der Waals surface area contributed by atoms with Crippen LogP contribution in [0, 0.1) is 0 Å². The minimum absolute atomic E-state index is 0.0397. The van der Waals surface area contributed by atoms with Crippen LogP contribution in [0.1, 0.15) is 41.5 Å². The Hall–Kier alpha value is -2.83. The van der Waals surface area contributed by atoms with Gasteiger partial charge in [0.05, 0.1) is 11.1 Å². The summed E-state index contributed by atoms with van der Waals surface area (Å²) in [6.45, 7) is 5.05. The first-order valence-corrected chi connectivity index (χ1v) is 6.51. The predicted molar refractivity (Wildman–Crippen MR) is 80.5 cm³/mol. The molecule has 0 aromatic heterocycles. The third kappa shape index (κ3) is 4.62. The van der Waals surface area contributed by atoms with Gasteiger partial charge in [0.2, 0.25) is 5.91 Å². The maximum absolute atomic E-state index is 12.2. The highest BCUT2D eigenvalue weighted by atomic mass is 16.6. The first-order valence-electron chi connectivity index (χ1n) is 6.51. The summed E-state index contributed by atoms with van der Waals surface area (Å²) in [5.74, 6) is -2.21. The highest BCUT2D eigenvalue weighted by Gasteiger charge is 2.23. The fourth-order valence-corrected chi connectivity index (χ4v) is 1.58. The lowest BCUT2D eigenvalue weighted by Crippen LogP contribution is -2.34. The van der Waals surface area contributed by atoms with E-state index in [9.17, 15) is 14.4 Å². The summed E-state index contributed by atoms with van der Waals surface area (Å²) in [5.41, 5.74) is 9.68. The molecule has 0 aliphatic heterocycles. The zero-order chi connectivity index (χ0) is 16.9. The lowest BCUT2D eigenvalue weighted by Gasteiger charge is -2.20. The van der Waals surface area contributed by atoms with Crippen molar-refractivity contribution in [3.05, 3.63) is 47.3 Å². The molecule has 0 radical (unpaired) electrons. The quantitative estimate of drug-likeness (QED) is 0.556. The Morgan fingerprint density at radius 2 is 1.68 bits per heavy atom. The number of benzene rings is 1. The molecule has 7 heteroatoms. The molecule has 1 aromatic rings. The number of carbonyl (C=O) groups is 3. The molecule has 0 aliphatic carbocycles. The molecule has 1 aromatic carbocycles. The van der Waals surface area contributed by atoms with E-state index in [0.29, 0.717) is 0 Å². The molecule has 0 fully saturated rings. The van der Waals surface area contributed by atoms with Crippen molar-refractivity contribution in [1.82, 2.24) is 5.32 Å². The van der Waals surface area contributed by atoms with E-state index in [4.69, 9.17) is 16.2 Å². The summed E-state index contributed by atoms with van der Waals surface area (Å²) in [4.78, 5) is 35.4. The van der Waals surface area contributed by atoms with E-state index in [2.05, 4.69) is 5.32 Å². The van der Waals surface area contributed by atoms with E-state index in [1.54, 1.807) is 32.9 Å². The lowest BCUT2D eigenvalue weighted by atomic mass is 10.1. The zero-order valence-corrected chi connectivity index (χ0v) is 12.7. The Balaban J connectivity index is 2.96. The van der Waals surface area contributed by atoms with E-state index >= 15 is 0 Å². The lowest BCUT2D eigenvalue weighted by molar-refractivity contribution is -0.150. The van der Waals surface area contributed by atoms with Gasteiger partial charge < -0.3 is 21.5 Å². The van der Waals surface area contributed by atoms with Crippen LogP contribution in [0.4, 0.5) is 0 Å². The molecule has 0 atom stereocenters. The van der Waals surface area contributed by atoms with Crippen molar-refractivity contribution in [2.75, 3.05) is 0 Å². The van der Waals surface area contributed by atoms with Crippen LogP contribution in [-0.2, 0) is 9.53 Å². The number of hydrogen-bond donors (Lipinski definition) is 3. The van der Waals surface area contributed by atoms with Crippen LogP contribution in [0.5, 0.6) is 0 Å². The van der Waals surface area contributed by atoms with Gasteiger partial charge in [0.15, 0.2) is 0 Å². The van der Waals surface area contributed by atoms with Crippen molar-refractivity contribution < 1.29 is 19.1 Å². The van der Waals surface area contributed by atoms with Crippen molar-refractivity contribution >= 4 is 17.8 Å². The predicted octanol–water partition coefficient (Wildman–Crippen LogP) is 0.657. The second kappa shape index (κ2) is 6.75. The van der Waals surface area contributed by atoms with Crippen LogP contribution < -0.4 is 16.8 Å². The molecule has 7 nitrogen and oxygen atoms in total. The number of carbonyl (C=O) groups excluding carboxylic acids is 3. The van der Waals surface area contributed by atoms with Gasteiger partial charge in [-0.25, -0.2) is 4.79 Å². The minimum Gasteiger partial charge on any atom is -0.455 e. The van der Waals surface area contributed by atoms with Gasteiger partial charge in [0.25, 0.3) is 5.91 Å². The van der Waals surface area contributed by atoms with E-state index in [1.165, 1.54) is 12.1 Å². The van der Waals surface area contributed by atoms with E-state index in [-0.39, 0.29) is 16.8 Å². The van der Waals surface area contributed by atoms with Crippen molar-refractivity contribution in [2.24, 2.45) is 11.5 Å². The molecule has 0 saturated heterocycles. The molecule has 0 unspecified atom stereocenters. The number of rotatable bonds is 4. The van der Waals surface area contributed by atoms with Crippen LogP contribution in [0.3, 0.4) is 0 Å². The van der Waals surface area contributed by atoms with Crippen LogP contribution >= 0.6 is 0 Å². The molecule has 118 valence electrons. The number of nitrogens with two attached hydrogens (primary N) is 2. The summed E-state index contributed by atoms with van der Waals surface area (Å²) in [6, 6.07) is 5.97. The molecule has 22 heavy (non-hydrogen) atoms. The van der Waals surface area contributed by atoms with Crippen molar-refractivity contribution in [3.8, 4) is 0 Å². The van der Waals surface area contributed by atoms with Gasteiger partial charge in [-0.2, -0.15) is 0 Å². The highest BCUT2D eigenvalue weighted by Crippen LogP contribution is 2.11. The average molecular weight is 305 g/mol.